The first-order chi connectivity index (χ1) is 23.0. The molecule has 2 N–H and O–H groups in total. The predicted molar refractivity (Wildman–Crippen MR) is 218 cm³/mol. The predicted octanol–water partition coefficient (Wildman–Crippen LogP) is 15.6. The third-order valence-electron chi connectivity index (χ3n) is 9.96. The van der Waals surface area contributed by atoms with Crippen LogP contribution >= 0.6 is 17.1 Å². The Morgan fingerprint density at radius 1 is 0.447 bits per heavy atom. The Balaban J connectivity index is 2.13. The first kappa shape index (κ1) is 45.2. The van der Waals surface area contributed by atoms with E-state index in [0.717, 1.165) is 29.1 Å². The summed E-state index contributed by atoms with van der Waals surface area (Å²) < 4.78 is 0. The molecule has 0 radical (unpaired) electrons. The molecule has 1 aromatic carbocycles. The molecule has 0 fully saturated rings. The highest BCUT2D eigenvalue weighted by Gasteiger charge is 2.14. The minimum Gasteiger partial charge on any atom is -0.337 e. The van der Waals surface area contributed by atoms with Gasteiger partial charge in [0.05, 0.1) is 0 Å². The first-order valence-electron chi connectivity index (χ1n) is 20.8. The van der Waals surface area contributed by atoms with Gasteiger partial charge in [-0.15, -0.1) is 0 Å². The molecule has 0 aliphatic carbocycles. The molecule has 1 aromatic rings. The SMILES string of the molecule is CCCCCCCCCCCCCCCCCCc1ccc(SP(O)(O)=S)c(CCCCCCCCCCCCCCCCCC)c1. The van der Waals surface area contributed by atoms with Crippen LogP contribution in [0.5, 0.6) is 0 Å². The fourth-order valence-electron chi connectivity index (χ4n) is 6.94. The molecule has 0 spiro atoms. The molecule has 0 unspecified atom stereocenters. The molecule has 0 aliphatic heterocycles. The summed E-state index contributed by atoms with van der Waals surface area (Å²) in [5, 5.41) is 0. The van der Waals surface area contributed by atoms with E-state index in [0.29, 0.717) is 0 Å². The summed E-state index contributed by atoms with van der Waals surface area (Å²) in [4.78, 5) is 20.9. The standard InChI is InChI=1S/C42H79O2PS2/c1-3-5-7-9-11-13-15-17-19-21-23-25-27-29-31-33-35-40-37-38-42(47-45(43,44)46)41(39-40)36-34-32-30-28-26-24-22-20-18-16-14-12-10-8-6-4-2/h37-39H,3-36H2,1-2H3,(H2,43,44,46). The Morgan fingerprint density at radius 3 is 1.06 bits per heavy atom. The maximum atomic E-state index is 9.98. The molecule has 5 heteroatoms. The van der Waals surface area contributed by atoms with Crippen molar-refractivity contribution in [3.63, 3.8) is 0 Å². The van der Waals surface area contributed by atoms with E-state index in [9.17, 15) is 9.79 Å². The van der Waals surface area contributed by atoms with Gasteiger partial charge in [0.15, 0.2) is 0 Å². The quantitative estimate of drug-likeness (QED) is 0.0537. The largest absolute Gasteiger partial charge is 0.337 e. The highest BCUT2D eigenvalue weighted by molar-refractivity contribution is 8.67. The van der Waals surface area contributed by atoms with Gasteiger partial charge in [0, 0.05) is 4.90 Å². The number of rotatable bonds is 36. The lowest BCUT2D eigenvalue weighted by atomic mass is 9.99. The topological polar surface area (TPSA) is 40.5 Å². The van der Waals surface area contributed by atoms with Gasteiger partial charge in [0.25, 0.3) is 0 Å². The number of hydrogen-bond acceptors (Lipinski definition) is 2. The molecule has 276 valence electrons. The van der Waals surface area contributed by atoms with Gasteiger partial charge in [0.2, 0.25) is 5.69 Å². The van der Waals surface area contributed by atoms with E-state index in [4.69, 9.17) is 11.8 Å². The van der Waals surface area contributed by atoms with Gasteiger partial charge in [-0.3, -0.25) is 0 Å². The Morgan fingerprint density at radius 2 is 0.745 bits per heavy atom. The molecule has 0 saturated carbocycles. The highest BCUT2D eigenvalue weighted by Crippen LogP contribution is 2.55. The number of aryl methyl sites for hydroxylation is 2. The van der Waals surface area contributed by atoms with Crippen LogP contribution in [0.4, 0.5) is 0 Å². The van der Waals surface area contributed by atoms with E-state index >= 15 is 0 Å². The van der Waals surface area contributed by atoms with E-state index in [1.54, 1.807) is 0 Å². The summed E-state index contributed by atoms with van der Waals surface area (Å²) >= 11 is 6.09. The van der Waals surface area contributed by atoms with Crippen LogP contribution in [0.3, 0.4) is 0 Å². The zero-order valence-corrected chi connectivity index (χ0v) is 34.0. The molecule has 47 heavy (non-hydrogen) atoms. The van der Waals surface area contributed by atoms with Gasteiger partial charge in [0.1, 0.15) is 0 Å². The summed E-state index contributed by atoms with van der Waals surface area (Å²) in [6.07, 6.45) is 46.7. The van der Waals surface area contributed by atoms with Crippen molar-refractivity contribution in [2.45, 2.75) is 237 Å². The van der Waals surface area contributed by atoms with E-state index in [1.807, 2.05) is 0 Å². The monoisotopic (exact) mass is 711 g/mol. The minimum absolute atomic E-state index is 0.981. The zero-order chi connectivity index (χ0) is 34.1. The first-order valence-corrected chi connectivity index (χ1v) is 25.0. The summed E-state index contributed by atoms with van der Waals surface area (Å²) in [7, 11) is 0. The second-order valence-corrected chi connectivity index (χ2v) is 20.5. The van der Waals surface area contributed by atoms with Gasteiger partial charge in [-0.05, 0) is 66.1 Å². The minimum atomic E-state index is -3.31. The van der Waals surface area contributed by atoms with Crippen molar-refractivity contribution in [3.05, 3.63) is 29.3 Å². The summed E-state index contributed by atoms with van der Waals surface area (Å²) in [5.41, 5.74) is -0.642. The molecule has 1 rings (SSSR count). The number of hydrogen-bond donors (Lipinski definition) is 2. The third-order valence-corrected chi connectivity index (χ3v) is 12.8. The molecule has 0 heterocycles. The Hall–Kier alpha value is 0.140. The lowest BCUT2D eigenvalue weighted by Gasteiger charge is -2.14. The van der Waals surface area contributed by atoms with Crippen molar-refractivity contribution in [1.29, 1.82) is 0 Å². The van der Waals surface area contributed by atoms with Crippen LogP contribution in [0.15, 0.2) is 23.1 Å². The Labute approximate surface area is 303 Å². The van der Waals surface area contributed by atoms with Crippen LogP contribution in [-0.2, 0) is 24.6 Å². The highest BCUT2D eigenvalue weighted by atomic mass is 32.9. The normalized spacial score (nSPS) is 11.9. The maximum absolute atomic E-state index is 9.98. The maximum Gasteiger partial charge on any atom is 0.246 e. The van der Waals surface area contributed by atoms with E-state index in [-0.39, 0.29) is 0 Å². The molecule has 0 aromatic heterocycles. The van der Waals surface area contributed by atoms with Gasteiger partial charge in [-0.2, -0.15) is 0 Å². The van der Waals surface area contributed by atoms with E-state index in [2.05, 4.69) is 32.0 Å². The van der Waals surface area contributed by atoms with E-state index < -0.39 is 5.69 Å². The van der Waals surface area contributed by atoms with Gasteiger partial charge < -0.3 is 9.79 Å². The second kappa shape index (κ2) is 33.3. The fraction of sp³-hybridized carbons (Fsp3) is 0.857. The van der Waals surface area contributed by atoms with Crippen molar-refractivity contribution >= 4 is 28.9 Å². The van der Waals surface area contributed by atoms with Crippen LogP contribution < -0.4 is 0 Å². The molecular weight excluding hydrogens is 632 g/mol. The van der Waals surface area contributed by atoms with Crippen LogP contribution in [0, 0.1) is 0 Å². The van der Waals surface area contributed by atoms with Crippen molar-refractivity contribution in [3.8, 4) is 0 Å². The van der Waals surface area contributed by atoms with E-state index in [1.165, 1.54) is 217 Å². The fourth-order valence-corrected chi connectivity index (χ4v) is 9.63. The molecule has 0 bridgehead atoms. The number of benzene rings is 1. The molecule has 2 nitrogen and oxygen atoms in total. The average molecular weight is 711 g/mol. The van der Waals surface area contributed by atoms with Crippen LogP contribution in [0.1, 0.15) is 230 Å². The molecule has 0 atom stereocenters. The van der Waals surface area contributed by atoms with Gasteiger partial charge in [-0.25, -0.2) is 0 Å². The van der Waals surface area contributed by atoms with Gasteiger partial charge in [-0.1, -0.05) is 219 Å². The number of unbranched alkanes of at least 4 members (excludes halogenated alkanes) is 30. The van der Waals surface area contributed by atoms with Crippen molar-refractivity contribution in [2.75, 3.05) is 0 Å². The van der Waals surface area contributed by atoms with Crippen molar-refractivity contribution in [2.24, 2.45) is 0 Å². The summed E-state index contributed by atoms with van der Waals surface area (Å²) in [6.45, 7) is 4.59. The Bertz CT molecular complexity index is 855. The molecule has 0 amide bonds. The zero-order valence-electron chi connectivity index (χ0n) is 31.4. The van der Waals surface area contributed by atoms with Crippen molar-refractivity contribution in [1.82, 2.24) is 0 Å². The van der Waals surface area contributed by atoms with Crippen LogP contribution in [-0.4, -0.2) is 9.79 Å². The molecule has 0 aliphatic rings. The lowest BCUT2D eigenvalue weighted by molar-refractivity contribution is 0.502. The molecular formula is C42H79O2PS2. The van der Waals surface area contributed by atoms with Crippen LogP contribution in [0.25, 0.3) is 0 Å². The lowest BCUT2D eigenvalue weighted by Crippen LogP contribution is -1.94. The van der Waals surface area contributed by atoms with Crippen molar-refractivity contribution < 1.29 is 9.79 Å². The Kier molecular flexibility index (Phi) is 32.0. The molecule has 0 saturated heterocycles. The van der Waals surface area contributed by atoms with Crippen LogP contribution in [0.2, 0.25) is 0 Å². The smallest absolute Gasteiger partial charge is 0.246 e. The second-order valence-electron chi connectivity index (χ2n) is 14.6. The summed E-state index contributed by atoms with van der Waals surface area (Å²) in [6, 6.07) is 6.63. The average Bonchev–Trinajstić information content (AvgIpc) is 3.04. The third kappa shape index (κ3) is 30.7. The summed E-state index contributed by atoms with van der Waals surface area (Å²) in [5.74, 6) is 0. The van der Waals surface area contributed by atoms with Gasteiger partial charge >= 0.3 is 0 Å².